The van der Waals surface area contributed by atoms with Crippen LogP contribution in [0.25, 0.3) is 0 Å². The van der Waals surface area contributed by atoms with Crippen molar-refractivity contribution >= 4 is 0 Å². The van der Waals surface area contributed by atoms with E-state index in [-0.39, 0.29) is 0 Å². The minimum Gasteiger partial charge on any atom is -0.496 e. The number of nitrogens with two attached hydrogens (primary N) is 1. The van der Waals surface area contributed by atoms with Crippen molar-refractivity contribution in [2.45, 2.75) is 51.1 Å². The van der Waals surface area contributed by atoms with Crippen molar-refractivity contribution in [2.24, 2.45) is 11.7 Å². The van der Waals surface area contributed by atoms with Crippen LogP contribution in [0.3, 0.4) is 0 Å². The highest BCUT2D eigenvalue weighted by molar-refractivity contribution is 5.37. The van der Waals surface area contributed by atoms with Gasteiger partial charge in [-0.3, -0.25) is 4.90 Å². The Morgan fingerprint density at radius 2 is 2.10 bits per heavy atom. The van der Waals surface area contributed by atoms with E-state index in [1.54, 1.807) is 7.11 Å². The summed E-state index contributed by atoms with van der Waals surface area (Å²) in [4.78, 5) is 2.69. The fraction of sp³-hybridized carbons (Fsp3) is 0.667. The molecule has 3 unspecified atom stereocenters. The summed E-state index contributed by atoms with van der Waals surface area (Å²) in [6.45, 7) is 4.03. The van der Waals surface area contributed by atoms with Gasteiger partial charge in [-0.1, -0.05) is 25.0 Å². The number of methoxy groups -OCH3 is 1. The molecule has 3 rings (SSSR count). The lowest BCUT2D eigenvalue weighted by Crippen LogP contribution is -2.40. The first-order chi connectivity index (χ1) is 10.2. The molecule has 3 heteroatoms. The summed E-state index contributed by atoms with van der Waals surface area (Å²) in [6.07, 6.45) is 6.94. The second-order valence-electron chi connectivity index (χ2n) is 6.62. The van der Waals surface area contributed by atoms with E-state index in [4.69, 9.17) is 10.5 Å². The maximum Gasteiger partial charge on any atom is 0.121 e. The molecule has 2 aliphatic rings. The third-order valence-electron chi connectivity index (χ3n) is 5.48. The minimum absolute atomic E-state index is 0.364. The maximum absolute atomic E-state index is 6.15. The second kappa shape index (κ2) is 6.37. The molecule has 0 radical (unpaired) electrons. The van der Waals surface area contributed by atoms with Gasteiger partial charge in [-0.15, -0.1) is 0 Å². The van der Waals surface area contributed by atoms with Crippen molar-refractivity contribution in [1.82, 2.24) is 4.90 Å². The molecule has 1 aliphatic carbocycles. The van der Waals surface area contributed by atoms with Gasteiger partial charge in [0.15, 0.2) is 0 Å². The molecule has 0 amide bonds. The van der Waals surface area contributed by atoms with Crippen LogP contribution in [0.2, 0.25) is 0 Å². The van der Waals surface area contributed by atoms with Gasteiger partial charge in [0.05, 0.1) is 7.11 Å². The molecule has 0 aromatic heterocycles. The van der Waals surface area contributed by atoms with Crippen LogP contribution < -0.4 is 10.5 Å². The zero-order chi connectivity index (χ0) is 14.8. The summed E-state index contributed by atoms with van der Waals surface area (Å²) in [7, 11) is 1.73. The molecule has 1 aromatic rings. The molecule has 3 atom stereocenters. The number of benzene rings is 1. The molecule has 1 saturated carbocycles. The third kappa shape index (κ3) is 2.82. The summed E-state index contributed by atoms with van der Waals surface area (Å²) >= 11 is 0. The van der Waals surface area contributed by atoms with Gasteiger partial charge >= 0.3 is 0 Å². The summed E-state index contributed by atoms with van der Waals surface area (Å²) in [5.41, 5.74) is 8.70. The number of rotatable bonds is 4. The van der Waals surface area contributed by atoms with Gasteiger partial charge in [0.1, 0.15) is 5.75 Å². The quantitative estimate of drug-likeness (QED) is 0.924. The Balaban J connectivity index is 1.83. The smallest absolute Gasteiger partial charge is 0.121 e. The molecule has 116 valence electrons. The highest BCUT2D eigenvalue weighted by atomic mass is 16.5. The number of nitrogens with zero attached hydrogens (tertiary/aromatic N) is 1. The van der Waals surface area contributed by atoms with Crippen LogP contribution in [0.5, 0.6) is 5.75 Å². The second-order valence-corrected chi connectivity index (χ2v) is 6.62. The van der Waals surface area contributed by atoms with Crippen molar-refractivity contribution in [3.63, 3.8) is 0 Å². The van der Waals surface area contributed by atoms with E-state index in [1.807, 2.05) is 0 Å². The Morgan fingerprint density at radius 1 is 1.29 bits per heavy atom. The molecule has 0 bridgehead atoms. The first-order valence-corrected chi connectivity index (χ1v) is 8.35. The normalized spacial score (nSPS) is 27.4. The van der Waals surface area contributed by atoms with E-state index in [0.29, 0.717) is 12.6 Å². The predicted octanol–water partition coefficient (Wildman–Crippen LogP) is 3.27. The Hall–Kier alpha value is -1.06. The molecule has 2 fully saturated rings. The number of aryl methyl sites for hydroxylation is 1. The Labute approximate surface area is 128 Å². The predicted molar refractivity (Wildman–Crippen MR) is 86.6 cm³/mol. The average molecular weight is 288 g/mol. The molecular weight excluding hydrogens is 260 g/mol. The molecule has 1 aliphatic heterocycles. The molecule has 1 saturated heterocycles. The van der Waals surface area contributed by atoms with Crippen LogP contribution >= 0.6 is 0 Å². The summed E-state index contributed by atoms with van der Waals surface area (Å²) < 4.78 is 5.38. The molecule has 0 spiro atoms. The fourth-order valence-corrected chi connectivity index (χ4v) is 4.40. The number of likely N-dealkylation sites (tertiary alicyclic amines) is 1. The van der Waals surface area contributed by atoms with Gasteiger partial charge in [-0.05, 0) is 55.8 Å². The van der Waals surface area contributed by atoms with Gasteiger partial charge in [0, 0.05) is 18.6 Å². The maximum atomic E-state index is 6.15. The Morgan fingerprint density at radius 3 is 2.81 bits per heavy atom. The average Bonchev–Trinajstić information content (AvgIpc) is 2.93. The van der Waals surface area contributed by atoms with Crippen molar-refractivity contribution < 1.29 is 4.74 Å². The first-order valence-electron chi connectivity index (χ1n) is 8.35. The SMILES string of the molecule is COc1ccc(C(CN)N2CCC3CCCCC32)cc1C. The molecule has 1 aromatic carbocycles. The number of ether oxygens (including phenoxy) is 1. The number of hydrogen-bond donors (Lipinski definition) is 1. The van der Waals surface area contributed by atoms with Crippen LogP contribution in [0, 0.1) is 12.8 Å². The van der Waals surface area contributed by atoms with Crippen LogP contribution in [-0.4, -0.2) is 31.1 Å². The van der Waals surface area contributed by atoms with E-state index < -0.39 is 0 Å². The Kier molecular flexibility index (Phi) is 4.51. The van der Waals surface area contributed by atoms with Crippen LogP contribution in [0.15, 0.2) is 18.2 Å². The van der Waals surface area contributed by atoms with Gasteiger partial charge in [0.25, 0.3) is 0 Å². The van der Waals surface area contributed by atoms with Gasteiger partial charge < -0.3 is 10.5 Å². The van der Waals surface area contributed by atoms with Crippen LogP contribution in [0.1, 0.15) is 49.3 Å². The summed E-state index contributed by atoms with van der Waals surface area (Å²) in [5.74, 6) is 1.87. The lowest BCUT2D eigenvalue weighted by Gasteiger charge is -2.37. The van der Waals surface area contributed by atoms with Gasteiger partial charge in [-0.2, -0.15) is 0 Å². The molecule has 3 nitrogen and oxygen atoms in total. The molecule has 2 N–H and O–H groups in total. The lowest BCUT2D eigenvalue weighted by molar-refractivity contribution is 0.135. The minimum atomic E-state index is 0.364. The summed E-state index contributed by atoms with van der Waals surface area (Å²) in [6, 6.07) is 7.66. The highest BCUT2D eigenvalue weighted by Gasteiger charge is 2.39. The van der Waals surface area contributed by atoms with E-state index >= 15 is 0 Å². The van der Waals surface area contributed by atoms with Crippen molar-refractivity contribution in [1.29, 1.82) is 0 Å². The standard InChI is InChI=1S/C18H28N2O/c1-13-11-15(7-8-18(13)21-2)17(12-19)20-10-9-14-5-3-4-6-16(14)20/h7-8,11,14,16-17H,3-6,9-10,12,19H2,1-2H3. The number of fused-ring (bicyclic) bond motifs is 1. The highest BCUT2D eigenvalue weighted by Crippen LogP contribution is 2.40. The van der Waals surface area contributed by atoms with Crippen molar-refractivity contribution in [3.05, 3.63) is 29.3 Å². The molecule has 21 heavy (non-hydrogen) atoms. The zero-order valence-corrected chi connectivity index (χ0v) is 13.3. The van der Waals surface area contributed by atoms with E-state index in [2.05, 4.69) is 30.0 Å². The van der Waals surface area contributed by atoms with E-state index in [1.165, 1.54) is 49.8 Å². The van der Waals surface area contributed by atoms with Crippen LogP contribution in [-0.2, 0) is 0 Å². The summed E-state index contributed by atoms with van der Waals surface area (Å²) in [5, 5.41) is 0. The largest absolute Gasteiger partial charge is 0.496 e. The monoisotopic (exact) mass is 288 g/mol. The third-order valence-corrected chi connectivity index (χ3v) is 5.48. The zero-order valence-electron chi connectivity index (χ0n) is 13.3. The van der Waals surface area contributed by atoms with E-state index in [0.717, 1.165) is 17.7 Å². The van der Waals surface area contributed by atoms with Gasteiger partial charge in [-0.25, -0.2) is 0 Å². The fourth-order valence-electron chi connectivity index (χ4n) is 4.40. The topological polar surface area (TPSA) is 38.5 Å². The molecule has 1 heterocycles. The van der Waals surface area contributed by atoms with Crippen LogP contribution in [0.4, 0.5) is 0 Å². The van der Waals surface area contributed by atoms with Crippen molar-refractivity contribution in [3.8, 4) is 5.75 Å². The van der Waals surface area contributed by atoms with E-state index in [9.17, 15) is 0 Å². The van der Waals surface area contributed by atoms with Gasteiger partial charge in [0.2, 0.25) is 0 Å². The lowest BCUT2D eigenvalue weighted by atomic mass is 9.84. The Bertz CT molecular complexity index is 488. The van der Waals surface area contributed by atoms with Crippen molar-refractivity contribution in [2.75, 3.05) is 20.2 Å². The first kappa shape index (κ1) is 14.9. The number of hydrogen-bond acceptors (Lipinski definition) is 3. The molecular formula is C18H28N2O.